The Morgan fingerprint density at radius 1 is 0.914 bits per heavy atom. The Balaban J connectivity index is 1.90. The zero-order chi connectivity index (χ0) is 26.0. The van der Waals surface area contributed by atoms with Gasteiger partial charge in [0.1, 0.15) is 0 Å². The van der Waals surface area contributed by atoms with Crippen LogP contribution in [0.1, 0.15) is 53.4 Å². The summed E-state index contributed by atoms with van der Waals surface area (Å²) in [4.78, 5) is 15.0. The lowest BCUT2D eigenvalue weighted by Gasteiger charge is -2.25. The van der Waals surface area contributed by atoms with Crippen molar-refractivity contribution >= 4 is 34.8 Å². The Labute approximate surface area is 213 Å². The molecule has 3 nitrogen and oxygen atoms in total. The van der Waals surface area contributed by atoms with Gasteiger partial charge in [0.05, 0.1) is 21.8 Å². The number of rotatable bonds is 6. The van der Waals surface area contributed by atoms with Crippen LogP contribution < -0.4 is 5.73 Å². The largest absolute Gasteiger partial charge is 0.416 e. The third kappa shape index (κ3) is 6.92. The van der Waals surface area contributed by atoms with Crippen molar-refractivity contribution in [3.8, 4) is 0 Å². The molecule has 0 fully saturated rings. The van der Waals surface area contributed by atoms with Crippen LogP contribution in [-0.2, 0) is 24.6 Å². The first-order valence-corrected chi connectivity index (χ1v) is 11.8. The number of hydrogen-bond donors (Lipinski definition) is 1. The van der Waals surface area contributed by atoms with Gasteiger partial charge in [0.2, 0.25) is 0 Å². The molecular weight excluding hydrogens is 496 g/mol. The number of nitrogens with zero attached hydrogens (tertiary/aromatic N) is 1. The van der Waals surface area contributed by atoms with Crippen molar-refractivity contribution in [1.29, 1.82) is 0 Å². The first-order chi connectivity index (χ1) is 16.3. The van der Waals surface area contributed by atoms with Gasteiger partial charge in [-0.05, 0) is 46.7 Å². The maximum atomic E-state index is 13.5. The first-order valence-electron chi connectivity index (χ1n) is 11.0. The fourth-order valence-corrected chi connectivity index (χ4v) is 4.18. The molecule has 2 N–H and O–H groups in total. The van der Waals surface area contributed by atoms with Crippen molar-refractivity contribution in [2.45, 2.75) is 45.3 Å². The highest BCUT2D eigenvalue weighted by Crippen LogP contribution is 2.31. The SMILES string of the molecule is CC(C)(C)c1ccc(CN(CCc2cccc(C(F)(F)F)c2)C(=O)c2cc(Cl)cc(Cl)c2N)cc1. The van der Waals surface area contributed by atoms with Gasteiger partial charge in [0.15, 0.2) is 0 Å². The highest BCUT2D eigenvalue weighted by Gasteiger charge is 2.30. The molecule has 0 saturated carbocycles. The molecule has 3 rings (SSSR count). The summed E-state index contributed by atoms with van der Waals surface area (Å²) < 4.78 is 39.4. The van der Waals surface area contributed by atoms with Crippen molar-refractivity contribution in [2.24, 2.45) is 0 Å². The van der Waals surface area contributed by atoms with Crippen LogP contribution in [0.2, 0.25) is 10.0 Å². The van der Waals surface area contributed by atoms with E-state index in [0.717, 1.165) is 23.3 Å². The highest BCUT2D eigenvalue weighted by atomic mass is 35.5. The molecule has 0 bridgehead atoms. The van der Waals surface area contributed by atoms with Crippen molar-refractivity contribution in [3.05, 3.63) is 98.5 Å². The fourth-order valence-electron chi connectivity index (χ4n) is 3.68. The number of amides is 1. The van der Waals surface area contributed by atoms with Crippen LogP contribution in [0, 0.1) is 0 Å². The zero-order valence-electron chi connectivity index (χ0n) is 19.7. The minimum Gasteiger partial charge on any atom is -0.397 e. The molecule has 186 valence electrons. The van der Waals surface area contributed by atoms with Gasteiger partial charge in [-0.2, -0.15) is 13.2 Å². The van der Waals surface area contributed by atoms with Gasteiger partial charge in [-0.1, -0.05) is 86.4 Å². The maximum Gasteiger partial charge on any atom is 0.416 e. The minimum absolute atomic E-state index is 0.0243. The van der Waals surface area contributed by atoms with Crippen molar-refractivity contribution in [2.75, 3.05) is 12.3 Å². The van der Waals surface area contributed by atoms with Crippen LogP contribution in [0.5, 0.6) is 0 Å². The zero-order valence-corrected chi connectivity index (χ0v) is 21.2. The lowest BCUT2D eigenvalue weighted by atomic mass is 9.87. The van der Waals surface area contributed by atoms with Crippen LogP contribution in [0.15, 0.2) is 60.7 Å². The van der Waals surface area contributed by atoms with E-state index in [9.17, 15) is 18.0 Å². The highest BCUT2D eigenvalue weighted by molar-refractivity contribution is 6.37. The van der Waals surface area contributed by atoms with Crippen LogP contribution in [-0.4, -0.2) is 17.4 Å². The van der Waals surface area contributed by atoms with E-state index in [-0.39, 0.29) is 46.2 Å². The van der Waals surface area contributed by atoms with Crippen LogP contribution in [0.25, 0.3) is 0 Å². The molecule has 8 heteroatoms. The summed E-state index contributed by atoms with van der Waals surface area (Å²) in [5, 5.41) is 0.424. The van der Waals surface area contributed by atoms with E-state index in [0.29, 0.717) is 5.56 Å². The van der Waals surface area contributed by atoms with Gasteiger partial charge in [-0.15, -0.1) is 0 Å². The number of benzene rings is 3. The second-order valence-corrected chi connectivity index (χ2v) is 10.3. The van der Waals surface area contributed by atoms with E-state index < -0.39 is 17.6 Å². The molecule has 0 saturated heterocycles. The molecule has 3 aromatic carbocycles. The lowest BCUT2D eigenvalue weighted by molar-refractivity contribution is -0.137. The molecule has 3 aromatic rings. The number of carbonyl (C=O) groups excluding carboxylic acids is 1. The second-order valence-electron chi connectivity index (χ2n) is 9.47. The Kier molecular flexibility index (Phi) is 8.07. The van der Waals surface area contributed by atoms with Gasteiger partial charge in [-0.25, -0.2) is 0 Å². The van der Waals surface area contributed by atoms with Crippen molar-refractivity contribution < 1.29 is 18.0 Å². The van der Waals surface area contributed by atoms with E-state index in [2.05, 4.69) is 20.8 Å². The Morgan fingerprint density at radius 2 is 1.57 bits per heavy atom. The summed E-state index contributed by atoms with van der Waals surface area (Å²) in [5.41, 5.74) is 8.06. The third-order valence-electron chi connectivity index (χ3n) is 5.73. The number of alkyl halides is 3. The molecular formula is C27H27Cl2F3N2O. The summed E-state index contributed by atoms with van der Waals surface area (Å²) in [7, 11) is 0. The minimum atomic E-state index is -4.44. The smallest absolute Gasteiger partial charge is 0.397 e. The quantitative estimate of drug-likeness (QED) is 0.336. The number of anilines is 1. The molecule has 1 amide bonds. The van der Waals surface area contributed by atoms with Crippen LogP contribution in [0.3, 0.4) is 0 Å². The van der Waals surface area contributed by atoms with Crippen molar-refractivity contribution in [3.63, 3.8) is 0 Å². The number of halogens is 5. The molecule has 0 aliphatic rings. The molecule has 0 aliphatic carbocycles. The van der Waals surface area contributed by atoms with E-state index in [1.54, 1.807) is 11.0 Å². The molecule has 0 spiro atoms. The summed E-state index contributed by atoms with van der Waals surface area (Å²) in [6, 6.07) is 15.9. The predicted molar refractivity (Wildman–Crippen MR) is 136 cm³/mol. The van der Waals surface area contributed by atoms with Crippen LogP contribution >= 0.6 is 23.2 Å². The normalized spacial score (nSPS) is 12.0. The summed E-state index contributed by atoms with van der Waals surface area (Å²) >= 11 is 12.2. The van der Waals surface area contributed by atoms with Gasteiger partial charge in [0, 0.05) is 18.1 Å². The number of nitrogens with two attached hydrogens (primary N) is 1. The van der Waals surface area contributed by atoms with Gasteiger partial charge >= 0.3 is 6.18 Å². The predicted octanol–water partition coefficient (Wildman–Crippen LogP) is 7.78. The molecule has 0 aromatic heterocycles. The van der Waals surface area contributed by atoms with Crippen molar-refractivity contribution in [1.82, 2.24) is 4.90 Å². The number of hydrogen-bond acceptors (Lipinski definition) is 2. The Bertz CT molecular complexity index is 1200. The maximum absolute atomic E-state index is 13.5. The lowest BCUT2D eigenvalue weighted by Crippen LogP contribution is -2.33. The van der Waals surface area contributed by atoms with E-state index >= 15 is 0 Å². The standard InChI is InChI=1S/C27H27Cl2F3N2O/c1-26(2,3)19-9-7-18(8-10-19)16-34(25(35)22-14-21(28)15-23(29)24(22)33)12-11-17-5-4-6-20(13-17)27(30,31)32/h4-10,13-15H,11-12,16,33H2,1-3H3. The number of carbonyl (C=O) groups is 1. The first kappa shape index (κ1) is 26.9. The van der Waals surface area contributed by atoms with E-state index in [4.69, 9.17) is 28.9 Å². The molecule has 35 heavy (non-hydrogen) atoms. The molecule has 0 radical (unpaired) electrons. The summed E-state index contributed by atoms with van der Waals surface area (Å²) in [6.45, 7) is 6.74. The van der Waals surface area contributed by atoms with Gasteiger partial charge < -0.3 is 10.6 Å². The summed E-state index contributed by atoms with van der Waals surface area (Å²) in [5.74, 6) is -0.404. The van der Waals surface area contributed by atoms with E-state index in [1.165, 1.54) is 18.2 Å². The topological polar surface area (TPSA) is 46.3 Å². The number of nitrogen functional groups attached to an aromatic ring is 1. The average molecular weight is 523 g/mol. The molecule has 0 atom stereocenters. The Hall–Kier alpha value is -2.70. The van der Waals surface area contributed by atoms with E-state index in [1.807, 2.05) is 24.3 Å². The molecule has 0 aliphatic heterocycles. The third-order valence-corrected chi connectivity index (χ3v) is 6.26. The monoisotopic (exact) mass is 522 g/mol. The van der Waals surface area contributed by atoms with Gasteiger partial charge in [-0.3, -0.25) is 4.79 Å². The Morgan fingerprint density at radius 3 is 2.17 bits per heavy atom. The molecule has 0 heterocycles. The average Bonchev–Trinajstić information content (AvgIpc) is 2.78. The second kappa shape index (κ2) is 10.5. The molecule has 0 unspecified atom stereocenters. The summed E-state index contributed by atoms with van der Waals surface area (Å²) in [6.07, 6.45) is -4.21. The fraction of sp³-hybridized carbons (Fsp3) is 0.296. The van der Waals surface area contributed by atoms with Crippen LogP contribution in [0.4, 0.5) is 18.9 Å². The van der Waals surface area contributed by atoms with Gasteiger partial charge in [0.25, 0.3) is 5.91 Å².